The molecule has 1 aromatic carbocycles. The predicted octanol–water partition coefficient (Wildman–Crippen LogP) is 5.93. The van der Waals surface area contributed by atoms with Crippen LogP contribution in [-0.2, 0) is 0 Å². The monoisotopic (exact) mass is 434 g/mol. The van der Waals surface area contributed by atoms with Crippen LogP contribution >= 0.6 is 0 Å². The maximum absolute atomic E-state index is 4.17. The van der Waals surface area contributed by atoms with E-state index in [1.54, 1.807) is 3.58 Å². The minimum atomic E-state index is -2.26. The molecule has 0 N–H and O–H groups in total. The van der Waals surface area contributed by atoms with Crippen molar-refractivity contribution in [2.24, 2.45) is 0 Å². The van der Waals surface area contributed by atoms with E-state index in [2.05, 4.69) is 54.6 Å². The summed E-state index contributed by atoms with van der Waals surface area (Å²) in [6.45, 7) is 7.04. The first kappa shape index (κ1) is 19.6. The van der Waals surface area contributed by atoms with Crippen LogP contribution in [0.1, 0.15) is 59.3 Å². The van der Waals surface area contributed by atoms with Gasteiger partial charge in [0, 0.05) is 0 Å². The fourth-order valence-electron chi connectivity index (χ4n) is 3.75. The summed E-state index contributed by atoms with van der Waals surface area (Å²) < 4.78 is 8.47. The Balaban J connectivity index is 2.28. The molecule has 0 fully saturated rings. The molecule has 24 heavy (non-hydrogen) atoms. The molecule has 0 spiro atoms. The van der Waals surface area contributed by atoms with Crippen LogP contribution in [-0.4, -0.2) is 27.9 Å². The van der Waals surface area contributed by atoms with Crippen molar-refractivity contribution >= 4 is 22.0 Å². The quantitative estimate of drug-likeness (QED) is 0.402. The molecule has 0 saturated carbocycles. The summed E-state index contributed by atoms with van der Waals surface area (Å²) in [5, 5.41) is 0. The number of nitrogens with zero attached hydrogens (tertiary/aromatic N) is 2. The second-order valence-electron chi connectivity index (χ2n) is 7.11. The zero-order valence-corrected chi connectivity index (χ0v) is 18.7. The van der Waals surface area contributed by atoms with Crippen molar-refractivity contribution < 1.29 is 0 Å². The summed E-state index contributed by atoms with van der Waals surface area (Å²) in [5.74, 6) is 0. The normalized spacial score (nSPS) is 11.8. The predicted molar refractivity (Wildman–Crippen MR) is 108 cm³/mol. The first-order valence-corrected chi connectivity index (χ1v) is 17.3. The Hall–Kier alpha value is -0.771. The second kappa shape index (κ2) is 10.3. The van der Waals surface area contributed by atoms with E-state index >= 15 is 0 Å². The molecule has 1 aromatic heterocycles. The number of unbranched alkanes of at least 4 members (excludes halogenated alkanes) is 3. The van der Waals surface area contributed by atoms with Crippen LogP contribution < -0.4 is 3.58 Å². The van der Waals surface area contributed by atoms with Crippen molar-refractivity contribution in [1.82, 2.24) is 9.55 Å². The van der Waals surface area contributed by atoms with E-state index in [0.29, 0.717) is 0 Å². The summed E-state index contributed by atoms with van der Waals surface area (Å²) in [7, 11) is 0. The number of hydrogen-bond donors (Lipinski definition) is 0. The minimum absolute atomic E-state index is 1.23. The van der Waals surface area contributed by atoms with E-state index < -0.39 is 18.4 Å². The summed E-state index contributed by atoms with van der Waals surface area (Å²) in [4.78, 5) is 4.17. The van der Waals surface area contributed by atoms with Crippen LogP contribution in [0.5, 0.6) is 0 Å². The van der Waals surface area contributed by atoms with Crippen LogP contribution in [0.2, 0.25) is 13.3 Å². The Labute approximate surface area is 152 Å². The van der Waals surface area contributed by atoms with E-state index in [1.807, 2.05) is 18.7 Å². The van der Waals surface area contributed by atoms with Gasteiger partial charge >= 0.3 is 153 Å². The molecule has 0 aliphatic carbocycles. The van der Waals surface area contributed by atoms with E-state index in [9.17, 15) is 0 Å². The maximum atomic E-state index is 4.17. The SMILES string of the molecule is CCC[CH2][Sn]([CH2]CCC)([CH2]CCC)[c]1ccc(-n2ccnc2)cc1. The van der Waals surface area contributed by atoms with Gasteiger partial charge in [0.1, 0.15) is 0 Å². The summed E-state index contributed by atoms with van der Waals surface area (Å²) in [6.07, 6.45) is 14.0. The molecule has 0 saturated heterocycles. The topological polar surface area (TPSA) is 17.8 Å². The van der Waals surface area contributed by atoms with Crippen LogP contribution in [0.25, 0.3) is 5.69 Å². The molecular formula is C21H34N2Sn. The summed E-state index contributed by atoms with van der Waals surface area (Å²) in [6, 6.07) is 9.55. The van der Waals surface area contributed by atoms with Gasteiger partial charge in [0.15, 0.2) is 0 Å². The van der Waals surface area contributed by atoms with Crippen molar-refractivity contribution in [2.75, 3.05) is 0 Å². The third-order valence-corrected chi connectivity index (χ3v) is 21.0. The van der Waals surface area contributed by atoms with Crippen molar-refractivity contribution in [3.8, 4) is 5.69 Å². The molecule has 0 bridgehead atoms. The van der Waals surface area contributed by atoms with Crippen molar-refractivity contribution in [3.63, 3.8) is 0 Å². The first-order valence-electron chi connectivity index (χ1n) is 9.84. The molecule has 3 heteroatoms. The molecular weight excluding hydrogens is 399 g/mol. The molecule has 2 rings (SSSR count). The third kappa shape index (κ3) is 5.11. The Morgan fingerprint density at radius 1 is 0.833 bits per heavy atom. The number of aromatic nitrogens is 2. The van der Waals surface area contributed by atoms with Gasteiger partial charge in [-0.25, -0.2) is 0 Å². The summed E-state index contributed by atoms with van der Waals surface area (Å²) in [5.41, 5.74) is 1.23. The zero-order chi connectivity index (χ0) is 17.3. The average Bonchev–Trinajstić information content (AvgIpc) is 3.16. The van der Waals surface area contributed by atoms with Crippen molar-refractivity contribution in [1.29, 1.82) is 0 Å². The Bertz CT molecular complexity index is 538. The van der Waals surface area contributed by atoms with Gasteiger partial charge in [-0.3, -0.25) is 0 Å². The van der Waals surface area contributed by atoms with Gasteiger partial charge in [-0.2, -0.15) is 0 Å². The van der Waals surface area contributed by atoms with E-state index in [0.717, 1.165) is 0 Å². The molecule has 0 radical (unpaired) electrons. The van der Waals surface area contributed by atoms with Gasteiger partial charge in [-0.1, -0.05) is 0 Å². The van der Waals surface area contributed by atoms with Gasteiger partial charge in [0.05, 0.1) is 0 Å². The van der Waals surface area contributed by atoms with Crippen LogP contribution in [0.3, 0.4) is 0 Å². The number of imidazole rings is 1. The molecule has 0 amide bonds. The fraction of sp³-hybridized carbons (Fsp3) is 0.571. The molecule has 132 valence electrons. The van der Waals surface area contributed by atoms with Crippen molar-refractivity contribution in [2.45, 2.75) is 72.6 Å². The van der Waals surface area contributed by atoms with Crippen LogP contribution in [0.15, 0.2) is 43.0 Å². The fourth-order valence-corrected chi connectivity index (χ4v) is 19.7. The second-order valence-corrected chi connectivity index (χ2v) is 20.3. The first-order chi connectivity index (χ1) is 11.8. The molecule has 0 aliphatic rings. The van der Waals surface area contributed by atoms with Gasteiger partial charge in [0.2, 0.25) is 0 Å². The molecule has 2 aromatic rings. The van der Waals surface area contributed by atoms with Gasteiger partial charge in [-0.15, -0.1) is 0 Å². The average molecular weight is 433 g/mol. The Morgan fingerprint density at radius 2 is 1.38 bits per heavy atom. The number of rotatable bonds is 11. The molecule has 0 atom stereocenters. The Morgan fingerprint density at radius 3 is 1.79 bits per heavy atom. The van der Waals surface area contributed by atoms with E-state index in [1.165, 1.54) is 57.5 Å². The third-order valence-electron chi connectivity index (χ3n) is 5.31. The molecule has 2 nitrogen and oxygen atoms in total. The van der Waals surface area contributed by atoms with E-state index in [-0.39, 0.29) is 0 Å². The zero-order valence-electron chi connectivity index (χ0n) is 15.8. The Kier molecular flexibility index (Phi) is 8.37. The standard InChI is InChI=1S/C9H7N2.3C4H9.Sn/c1-2-4-9(5-3-1)11-7-6-10-8-11;3*1-3-4-2;/h2-8H;3*1,3-4H2,2H3;. The van der Waals surface area contributed by atoms with Crippen molar-refractivity contribution in [3.05, 3.63) is 43.0 Å². The van der Waals surface area contributed by atoms with Gasteiger partial charge in [0.25, 0.3) is 0 Å². The van der Waals surface area contributed by atoms with Gasteiger partial charge in [-0.05, 0) is 0 Å². The summed E-state index contributed by atoms with van der Waals surface area (Å²) >= 11 is -2.26. The van der Waals surface area contributed by atoms with Crippen LogP contribution in [0, 0.1) is 0 Å². The van der Waals surface area contributed by atoms with E-state index in [4.69, 9.17) is 0 Å². The molecule has 0 aliphatic heterocycles. The number of benzene rings is 1. The molecule has 0 unspecified atom stereocenters. The number of hydrogen-bond acceptors (Lipinski definition) is 1. The van der Waals surface area contributed by atoms with Gasteiger partial charge < -0.3 is 0 Å². The molecule has 1 heterocycles. The van der Waals surface area contributed by atoms with Crippen LogP contribution in [0.4, 0.5) is 0 Å².